The lowest BCUT2D eigenvalue weighted by Crippen LogP contribution is -2.23. The Morgan fingerprint density at radius 2 is 1.70 bits per heavy atom. The summed E-state index contributed by atoms with van der Waals surface area (Å²) in [5, 5.41) is 3.62. The van der Waals surface area contributed by atoms with Gasteiger partial charge in [-0.15, -0.1) is 0 Å². The SMILES string of the molecule is CCNC(Cc1cc(C)ccc1C)c1cccc(C)c1. The van der Waals surface area contributed by atoms with E-state index < -0.39 is 0 Å². The minimum absolute atomic E-state index is 0.389. The molecule has 1 nitrogen and oxygen atoms in total. The van der Waals surface area contributed by atoms with E-state index in [9.17, 15) is 0 Å². The lowest BCUT2D eigenvalue weighted by molar-refractivity contribution is 0.548. The molecule has 1 atom stereocenters. The van der Waals surface area contributed by atoms with Gasteiger partial charge < -0.3 is 5.32 Å². The van der Waals surface area contributed by atoms with Crippen molar-refractivity contribution in [2.75, 3.05) is 6.54 Å². The normalized spacial score (nSPS) is 12.4. The van der Waals surface area contributed by atoms with Crippen molar-refractivity contribution >= 4 is 0 Å². The minimum Gasteiger partial charge on any atom is -0.310 e. The van der Waals surface area contributed by atoms with Crippen LogP contribution in [0.4, 0.5) is 0 Å². The zero-order chi connectivity index (χ0) is 14.5. The molecule has 0 aliphatic heterocycles. The summed E-state index contributed by atoms with van der Waals surface area (Å²) in [7, 11) is 0. The van der Waals surface area contributed by atoms with Crippen molar-refractivity contribution < 1.29 is 0 Å². The van der Waals surface area contributed by atoms with Crippen molar-refractivity contribution in [2.24, 2.45) is 0 Å². The van der Waals surface area contributed by atoms with Gasteiger partial charge in [0.2, 0.25) is 0 Å². The molecule has 0 fully saturated rings. The van der Waals surface area contributed by atoms with E-state index in [0.29, 0.717) is 6.04 Å². The molecule has 1 heteroatoms. The van der Waals surface area contributed by atoms with Gasteiger partial charge in [0.25, 0.3) is 0 Å². The molecule has 106 valence electrons. The topological polar surface area (TPSA) is 12.0 Å². The van der Waals surface area contributed by atoms with Gasteiger partial charge in [-0.05, 0) is 50.4 Å². The first-order valence-electron chi connectivity index (χ1n) is 7.46. The molecule has 0 bridgehead atoms. The van der Waals surface area contributed by atoms with Gasteiger partial charge in [-0.3, -0.25) is 0 Å². The Labute approximate surface area is 123 Å². The Morgan fingerprint density at radius 1 is 0.950 bits per heavy atom. The molecule has 2 aromatic carbocycles. The Hall–Kier alpha value is -1.60. The van der Waals surface area contributed by atoms with Gasteiger partial charge in [0.15, 0.2) is 0 Å². The summed E-state index contributed by atoms with van der Waals surface area (Å²) in [4.78, 5) is 0. The van der Waals surface area contributed by atoms with Crippen LogP contribution in [0.2, 0.25) is 0 Å². The summed E-state index contributed by atoms with van der Waals surface area (Å²) in [6.45, 7) is 9.69. The van der Waals surface area contributed by atoms with Crippen molar-refractivity contribution in [1.82, 2.24) is 5.32 Å². The van der Waals surface area contributed by atoms with Crippen LogP contribution in [0.25, 0.3) is 0 Å². The molecule has 0 aromatic heterocycles. The molecule has 0 spiro atoms. The highest BCUT2D eigenvalue weighted by Gasteiger charge is 2.12. The molecule has 0 heterocycles. The van der Waals surface area contributed by atoms with Crippen LogP contribution in [0.3, 0.4) is 0 Å². The lowest BCUT2D eigenvalue weighted by atomic mass is 9.94. The number of benzene rings is 2. The van der Waals surface area contributed by atoms with E-state index in [1.54, 1.807) is 0 Å². The summed E-state index contributed by atoms with van der Waals surface area (Å²) in [6, 6.07) is 15.9. The van der Waals surface area contributed by atoms with Gasteiger partial charge in [0.05, 0.1) is 0 Å². The molecular weight excluding hydrogens is 242 g/mol. The summed E-state index contributed by atoms with van der Waals surface area (Å²) < 4.78 is 0. The Kier molecular flexibility index (Phi) is 4.97. The number of rotatable bonds is 5. The highest BCUT2D eigenvalue weighted by Crippen LogP contribution is 2.22. The van der Waals surface area contributed by atoms with Crippen LogP contribution in [0, 0.1) is 20.8 Å². The first-order valence-corrected chi connectivity index (χ1v) is 7.46. The fraction of sp³-hybridized carbons (Fsp3) is 0.368. The van der Waals surface area contributed by atoms with Crippen molar-refractivity contribution in [1.29, 1.82) is 0 Å². The summed E-state index contributed by atoms with van der Waals surface area (Å²) in [5.74, 6) is 0. The van der Waals surface area contributed by atoms with Crippen LogP contribution in [0.5, 0.6) is 0 Å². The smallest absolute Gasteiger partial charge is 0.0360 e. The minimum atomic E-state index is 0.389. The molecule has 2 aromatic rings. The quantitative estimate of drug-likeness (QED) is 0.840. The molecular formula is C19H25N. The maximum Gasteiger partial charge on any atom is 0.0360 e. The highest BCUT2D eigenvalue weighted by atomic mass is 14.9. The van der Waals surface area contributed by atoms with Crippen molar-refractivity contribution in [2.45, 2.75) is 40.2 Å². The third-order valence-electron chi connectivity index (χ3n) is 3.82. The molecule has 1 unspecified atom stereocenters. The van der Waals surface area contributed by atoms with Gasteiger partial charge >= 0.3 is 0 Å². The molecule has 1 N–H and O–H groups in total. The van der Waals surface area contributed by atoms with Crippen molar-refractivity contribution in [3.63, 3.8) is 0 Å². The first kappa shape index (κ1) is 14.8. The number of hydrogen-bond acceptors (Lipinski definition) is 1. The van der Waals surface area contributed by atoms with Crippen LogP contribution in [0.1, 0.15) is 40.8 Å². The zero-order valence-electron chi connectivity index (χ0n) is 13.0. The first-order chi connectivity index (χ1) is 9.60. The number of nitrogens with one attached hydrogen (secondary N) is 1. The molecule has 0 saturated carbocycles. The second-order valence-corrected chi connectivity index (χ2v) is 5.66. The fourth-order valence-electron chi connectivity index (χ4n) is 2.68. The van der Waals surface area contributed by atoms with E-state index in [1.165, 1.54) is 27.8 Å². The molecule has 0 radical (unpaired) electrons. The number of likely N-dealkylation sites (N-methyl/N-ethyl adjacent to an activating group) is 1. The molecule has 0 aliphatic carbocycles. The third-order valence-corrected chi connectivity index (χ3v) is 3.82. The number of aryl methyl sites for hydroxylation is 3. The average Bonchev–Trinajstić information content (AvgIpc) is 2.42. The predicted molar refractivity (Wildman–Crippen MR) is 87.2 cm³/mol. The van der Waals surface area contributed by atoms with Crippen LogP contribution in [0.15, 0.2) is 42.5 Å². The molecule has 20 heavy (non-hydrogen) atoms. The maximum atomic E-state index is 3.62. The van der Waals surface area contributed by atoms with Gasteiger partial charge in [0, 0.05) is 6.04 Å². The average molecular weight is 267 g/mol. The van der Waals surface area contributed by atoms with E-state index in [2.05, 4.69) is 75.5 Å². The lowest BCUT2D eigenvalue weighted by Gasteiger charge is -2.20. The summed E-state index contributed by atoms with van der Waals surface area (Å²) in [6.07, 6.45) is 1.05. The second kappa shape index (κ2) is 6.71. The largest absolute Gasteiger partial charge is 0.310 e. The number of hydrogen-bond donors (Lipinski definition) is 1. The standard InChI is InChI=1S/C19H25N/c1-5-20-19(17-8-6-7-14(2)11-17)13-18-12-15(3)9-10-16(18)4/h6-12,19-20H,5,13H2,1-4H3. The van der Waals surface area contributed by atoms with Crippen LogP contribution < -0.4 is 5.32 Å². The molecule has 0 aliphatic rings. The van der Waals surface area contributed by atoms with Gasteiger partial charge in [-0.1, -0.05) is 60.5 Å². The van der Waals surface area contributed by atoms with Crippen LogP contribution in [-0.2, 0) is 6.42 Å². The van der Waals surface area contributed by atoms with Gasteiger partial charge in [0.1, 0.15) is 0 Å². The van der Waals surface area contributed by atoms with Crippen molar-refractivity contribution in [3.05, 3.63) is 70.3 Å². The second-order valence-electron chi connectivity index (χ2n) is 5.66. The Bertz CT molecular complexity index is 572. The Morgan fingerprint density at radius 3 is 2.40 bits per heavy atom. The Balaban J connectivity index is 2.27. The van der Waals surface area contributed by atoms with Gasteiger partial charge in [-0.2, -0.15) is 0 Å². The fourth-order valence-corrected chi connectivity index (χ4v) is 2.68. The van der Waals surface area contributed by atoms with Crippen molar-refractivity contribution in [3.8, 4) is 0 Å². The van der Waals surface area contributed by atoms with E-state index >= 15 is 0 Å². The molecule has 0 saturated heterocycles. The zero-order valence-corrected chi connectivity index (χ0v) is 13.0. The molecule has 2 rings (SSSR count). The molecule has 0 amide bonds. The maximum absolute atomic E-state index is 3.62. The van der Waals surface area contributed by atoms with E-state index in [-0.39, 0.29) is 0 Å². The van der Waals surface area contributed by atoms with Gasteiger partial charge in [-0.25, -0.2) is 0 Å². The van der Waals surface area contributed by atoms with E-state index in [4.69, 9.17) is 0 Å². The predicted octanol–water partition coefficient (Wildman–Crippen LogP) is 4.51. The summed E-state index contributed by atoms with van der Waals surface area (Å²) in [5.41, 5.74) is 6.87. The monoisotopic (exact) mass is 267 g/mol. The van der Waals surface area contributed by atoms with E-state index in [1.807, 2.05) is 0 Å². The highest BCUT2D eigenvalue weighted by molar-refractivity contribution is 5.33. The van der Waals surface area contributed by atoms with Crippen LogP contribution >= 0.6 is 0 Å². The van der Waals surface area contributed by atoms with Crippen LogP contribution in [-0.4, -0.2) is 6.54 Å². The van der Waals surface area contributed by atoms with E-state index in [0.717, 1.165) is 13.0 Å². The third kappa shape index (κ3) is 3.71. The summed E-state index contributed by atoms with van der Waals surface area (Å²) >= 11 is 0.